The van der Waals surface area contributed by atoms with E-state index in [4.69, 9.17) is 17.2 Å². The van der Waals surface area contributed by atoms with Crippen LogP contribution in [0.4, 0.5) is 0 Å². The molecule has 2 heterocycles. The minimum Gasteiger partial charge on any atom is -0.391 e. The molecule has 10 atom stereocenters. The van der Waals surface area contributed by atoms with Gasteiger partial charge in [0.25, 0.3) is 0 Å². The molecular weight excluding hydrogens is 937 g/mol. The second kappa shape index (κ2) is 28.3. The van der Waals surface area contributed by atoms with Gasteiger partial charge in [-0.15, -0.1) is 0 Å². The van der Waals surface area contributed by atoms with Gasteiger partial charge < -0.3 is 69.4 Å². The van der Waals surface area contributed by atoms with Crippen LogP contribution in [-0.4, -0.2) is 148 Å². The van der Waals surface area contributed by atoms with Crippen LogP contribution in [0.15, 0.2) is 30.5 Å². The number of aliphatic hydroxyl groups excluding tert-OH is 1. The number of rotatable bonds is 27. The highest BCUT2D eigenvalue weighted by atomic mass is 32.1. The number of carbonyl (C=O) groups excluding carboxylic acids is 9. The van der Waals surface area contributed by atoms with Gasteiger partial charge in [-0.1, -0.05) is 57.7 Å². The van der Waals surface area contributed by atoms with Crippen molar-refractivity contribution in [3.8, 4) is 0 Å². The van der Waals surface area contributed by atoms with E-state index in [0.717, 1.165) is 48.6 Å². The van der Waals surface area contributed by atoms with E-state index in [9.17, 15) is 48.3 Å². The van der Waals surface area contributed by atoms with Crippen molar-refractivity contribution < 1.29 is 48.3 Å². The number of thiol groups is 1. The molecule has 23 heteroatoms. The Hall–Kier alpha value is -5.78. The maximum atomic E-state index is 14.2. The van der Waals surface area contributed by atoms with E-state index >= 15 is 0 Å². The molecule has 0 radical (unpaired) electrons. The zero-order valence-electron chi connectivity index (χ0n) is 41.3. The number of nitrogens with zero attached hydrogens (tertiary/aromatic N) is 1. The molecule has 1 saturated carbocycles. The Morgan fingerprint density at radius 3 is 2.03 bits per heavy atom. The third kappa shape index (κ3) is 16.6. The lowest BCUT2D eigenvalue weighted by Gasteiger charge is -2.30. The SMILES string of the molecule is CC[C@H](C)[C@H](NC(=O)[C@@H](Cc1c[nH]c2ccccc12)NC(=O)CC1CCCCC1)C(=O)N[C@H](C(=O)N[C@@H](CS)C(=O)N[C@@H](CN)C(=O)N[C@@H](C)C(=O)N1CCC[C@H]1C(=O)N[C@@H](CCCN)C(N)=O)[C@@H](C)O. The van der Waals surface area contributed by atoms with Gasteiger partial charge in [-0.05, 0) is 82.4 Å². The number of aromatic nitrogens is 1. The van der Waals surface area contributed by atoms with Gasteiger partial charge in [0.2, 0.25) is 53.2 Å². The third-order valence-corrected chi connectivity index (χ3v) is 13.8. The fourth-order valence-corrected chi connectivity index (χ4v) is 9.26. The molecule has 1 saturated heterocycles. The van der Waals surface area contributed by atoms with E-state index in [1.54, 1.807) is 13.1 Å². The molecule has 1 aliphatic heterocycles. The van der Waals surface area contributed by atoms with Crippen molar-refractivity contribution in [1.82, 2.24) is 47.1 Å². The van der Waals surface area contributed by atoms with Gasteiger partial charge in [-0.25, -0.2) is 0 Å². The lowest BCUT2D eigenvalue weighted by molar-refractivity contribution is -0.142. The second-order valence-corrected chi connectivity index (χ2v) is 19.2. The van der Waals surface area contributed by atoms with Crippen LogP contribution >= 0.6 is 12.6 Å². The number of aliphatic hydroxyl groups is 1. The highest BCUT2D eigenvalue weighted by Crippen LogP contribution is 2.27. The molecule has 9 amide bonds. The van der Waals surface area contributed by atoms with Crippen molar-refractivity contribution in [2.24, 2.45) is 29.0 Å². The molecule has 0 bridgehead atoms. The molecule has 15 N–H and O–H groups in total. The van der Waals surface area contributed by atoms with Gasteiger partial charge >= 0.3 is 0 Å². The first-order valence-corrected chi connectivity index (χ1v) is 25.4. The Bertz CT molecular complexity index is 2170. The molecule has 0 spiro atoms. The molecular formula is C48H76N12O10S. The van der Waals surface area contributed by atoms with Crippen molar-refractivity contribution in [2.45, 2.75) is 159 Å². The molecule has 2 fully saturated rings. The summed E-state index contributed by atoms with van der Waals surface area (Å²) in [7, 11) is 0. The quantitative estimate of drug-likeness (QED) is 0.0461. The Morgan fingerprint density at radius 1 is 0.761 bits per heavy atom. The Labute approximate surface area is 420 Å². The van der Waals surface area contributed by atoms with Gasteiger partial charge in [0.15, 0.2) is 0 Å². The van der Waals surface area contributed by atoms with E-state index < -0.39 is 114 Å². The Balaban J connectivity index is 1.40. The first kappa shape index (κ1) is 57.8. The molecule has 1 aliphatic carbocycles. The zero-order chi connectivity index (χ0) is 52.4. The highest BCUT2D eigenvalue weighted by molar-refractivity contribution is 7.80. The molecule has 1 aromatic carbocycles. The second-order valence-electron chi connectivity index (χ2n) is 18.8. The lowest BCUT2D eigenvalue weighted by atomic mass is 9.86. The largest absolute Gasteiger partial charge is 0.391 e. The van der Waals surface area contributed by atoms with Crippen molar-refractivity contribution in [1.29, 1.82) is 0 Å². The van der Waals surface area contributed by atoms with Crippen LogP contribution in [0, 0.1) is 11.8 Å². The summed E-state index contributed by atoms with van der Waals surface area (Å²) in [6, 6.07) is -2.27. The molecule has 1 aromatic heterocycles. The Morgan fingerprint density at radius 2 is 1.39 bits per heavy atom. The average molecular weight is 1010 g/mol. The average Bonchev–Trinajstić information content (AvgIpc) is 4.01. The van der Waals surface area contributed by atoms with E-state index in [2.05, 4.69) is 54.8 Å². The third-order valence-electron chi connectivity index (χ3n) is 13.4. The number of aromatic amines is 1. The number of para-hydroxylation sites is 1. The van der Waals surface area contributed by atoms with Crippen LogP contribution in [-0.2, 0) is 49.6 Å². The number of likely N-dealkylation sites (tertiary alicyclic amines) is 1. The molecule has 394 valence electrons. The van der Waals surface area contributed by atoms with Crippen molar-refractivity contribution in [2.75, 3.05) is 25.4 Å². The minimum atomic E-state index is -1.64. The molecule has 22 nitrogen and oxygen atoms in total. The van der Waals surface area contributed by atoms with Gasteiger partial charge in [0, 0.05) is 48.8 Å². The molecule has 4 rings (SSSR count). The number of benzene rings is 1. The Kier molecular flexibility index (Phi) is 23.0. The summed E-state index contributed by atoms with van der Waals surface area (Å²) < 4.78 is 0. The number of amides is 9. The first-order valence-electron chi connectivity index (χ1n) is 24.8. The van der Waals surface area contributed by atoms with Crippen LogP contribution in [0.2, 0.25) is 0 Å². The predicted octanol–water partition coefficient (Wildman–Crippen LogP) is -1.38. The summed E-state index contributed by atoms with van der Waals surface area (Å²) in [6.07, 6.45) is 7.60. The fourth-order valence-electron chi connectivity index (χ4n) is 9.00. The van der Waals surface area contributed by atoms with Gasteiger partial charge in [0.05, 0.1) is 6.10 Å². The van der Waals surface area contributed by atoms with Gasteiger partial charge in [0.1, 0.15) is 48.3 Å². The zero-order valence-corrected chi connectivity index (χ0v) is 42.2. The summed E-state index contributed by atoms with van der Waals surface area (Å²) >= 11 is 4.22. The molecule has 2 aromatic rings. The van der Waals surface area contributed by atoms with Crippen LogP contribution in [0.3, 0.4) is 0 Å². The number of hydrogen-bond acceptors (Lipinski definition) is 13. The number of nitrogens with one attached hydrogen (secondary N) is 8. The topological polar surface area (TPSA) is 355 Å². The summed E-state index contributed by atoms with van der Waals surface area (Å²) in [5.74, 6) is -6.92. The molecule has 71 heavy (non-hydrogen) atoms. The number of nitrogens with two attached hydrogens (primary N) is 3. The number of H-pyrrole nitrogens is 1. The predicted molar refractivity (Wildman–Crippen MR) is 269 cm³/mol. The molecule has 0 unspecified atom stereocenters. The summed E-state index contributed by atoms with van der Waals surface area (Å²) in [4.78, 5) is 126. The number of hydrogen-bond donors (Lipinski definition) is 13. The maximum absolute atomic E-state index is 14.2. The lowest BCUT2D eigenvalue weighted by Crippen LogP contribution is -2.63. The van der Waals surface area contributed by atoms with Crippen LogP contribution in [0.25, 0.3) is 10.9 Å². The molecule has 2 aliphatic rings. The van der Waals surface area contributed by atoms with E-state index in [1.807, 2.05) is 31.2 Å². The van der Waals surface area contributed by atoms with Crippen LogP contribution in [0.5, 0.6) is 0 Å². The van der Waals surface area contributed by atoms with Crippen LogP contribution < -0.4 is 54.4 Å². The monoisotopic (exact) mass is 1010 g/mol. The standard InChI is InChI=1S/C48H76N12O10S/c1-5-26(2)39(58-42(64)34(54-38(62)21-29-13-7-6-8-14-29)22-30-24-52-32-16-10-9-15-31(30)32)46(68)59-40(28(4)61)47(69)57-36(25-71)44(66)56-35(23-50)43(65)53-27(3)48(70)60-20-12-18-37(60)45(67)55-33(41(51)63)17-11-19-49/h9-10,15-16,24,26-29,33-37,39-40,52,61,71H,5-8,11-14,17-23,25,49-50H2,1-4H3,(H2,51,63)(H,53,65)(H,54,62)(H,55,67)(H,56,66)(H,57,69)(H,58,64)(H,59,68)/t26-,27-,28+,33-,34+,35-,36-,37-,39-,40-/m0/s1. The van der Waals surface area contributed by atoms with E-state index in [0.29, 0.717) is 25.7 Å². The number of fused-ring (bicyclic) bond motifs is 1. The summed E-state index contributed by atoms with van der Waals surface area (Å²) in [6.45, 7) is 6.26. The van der Waals surface area contributed by atoms with Gasteiger partial charge in [-0.2, -0.15) is 12.6 Å². The maximum Gasteiger partial charge on any atom is 0.245 e. The van der Waals surface area contributed by atoms with Crippen LogP contribution in [0.1, 0.15) is 104 Å². The normalized spacial score (nSPS) is 18.8. The summed E-state index contributed by atoms with van der Waals surface area (Å²) in [5, 5.41) is 29.9. The summed E-state index contributed by atoms with van der Waals surface area (Å²) in [5.41, 5.74) is 18.5. The first-order chi connectivity index (χ1) is 33.8. The number of carbonyl (C=O) groups is 9. The van der Waals surface area contributed by atoms with Gasteiger partial charge in [-0.3, -0.25) is 43.2 Å². The van der Waals surface area contributed by atoms with E-state index in [-0.39, 0.29) is 49.9 Å². The number of primary amides is 1. The minimum absolute atomic E-state index is 0.119. The highest BCUT2D eigenvalue weighted by Gasteiger charge is 2.39. The smallest absolute Gasteiger partial charge is 0.245 e. The van der Waals surface area contributed by atoms with Crippen molar-refractivity contribution >= 4 is 76.7 Å². The van der Waals surface area contributed by atoms with Crippen molar-refractivity contribution in [3.05, 3.63) is 36.0 Å². The van der Waals surface area contributed by atoms with E-state index in [1.165, 1.54) is 18.7 Å². The van der Waals surface area contributed by atoms with Crippen molar-refractivity contribution in [3.63, 3.8) is 0 Å². The fraction of sp³-hybridized carbons (Fsp3) is 0.646.